The Morgan fingerprint density at radius 1 is 1.23 bits per heavy atom. The molecule has 0 unspecified atom stereocenters. The molecule has 0 spiro atoms. The molecule has 0 bridgehead atoms. The first kappa shape index (κ1) is 19.0. The van der Waals surface area contributed by atoms with Gasteiger partial charge in [0.05, 0.1) is 16.9 Å². The number of nitrogen functional groups attached to an aromatic ring is 2. The van der Waals surface area contributed by atoms with Gasteiger partial charge in [-0.3, -0.25) is 0 Å². The maximum absolute atomic E-state index is 11.8. The van der Waals surface area contributed by atoms with E-state index in [1.165, 1.54) is 12.1 Å². The fourth-order valence-electron chi connectivity index (χ4n) is 2.70. The van der Waals surface area contributed by atoms with Gasteiger partial charge in [0.15, 0.2) is 0 Å². The van der Waals surface area contributed by atoms with E-state index in [1.54, 1.807) is 12.1 Å². The number of carboxylic acid groups (broad SMARTS) is 1. The second kappa shape index (κ2) is 6.90. The smallest absolute Gasteiger partial charge is 0.336 e. The van der Waals surface area contributed by atoms with E-state index in [0.717, 1.165) is 5.56 Å². The van der Waals surface area contributed by atoms with Gasteiger partial charge in [-0.25, -0.2) is 9.59 Å². The van der Waals surface area contributed by atoms with E-state index in [0.29, 0.717) is 11.3 Å². The summed E-state index contributed by atoms with van der Waals surface area (Å²) in [6.45, 7) is 7.46. The number of aromatic carboxylic acids is 1. The second-order valence-electron chi connectivity index (χ2n) is 6.82. The van der Waals surface area contributed by atoms with Crippen molar-refractivity contribution in [2.24, 2.45) is 4.99 Å². The molecule has 0 amide bonds. The average Bonchev–Trinajstić information content (AvgIpc) is 2.51. The molecule has 0 atom stereocenters. The zero-order valence-corrected chi connectivity index (χ0v) is 15.1. The predicted molar refractivity (Wildman–Crippen MR) is 101 cm³/mol. The molecule has 0 heterocycles. The molecule has 136 valence electrons. The first-order valence-electron chi connectivity index (χ1n) is 7.89. The zero-order valence-electron chi connectivity index (χ0n) is 15.1. The average molecular weight is 355 g/mol. The van der Waals surface area contributed by atoms with Gasteiger partial charge >= 0.3 is 5.97 Å². The van der Waals surface area contributed by atoms with Gasteiger partial charge < -0.3 is 21.3 Å². The van der Waals surface area contributed by atoms with Crippen LogP contribution in [-0.2, 0) is 4.79 Å². The number of carbonyl (C=O) groups excluding carboxylic acids is 1. The molecule has 5 N–H and O–H groups in total. The van der Waals surface area contributed by atoms with E-state index < -0.39 is 11.6 Å². The van der Waals surface area contributed by atoms with Crippen LogP contribution in [0.2, 0.25) is 0 Å². The Balaban J connectivity index is 2.94. The summed E-state index contributed by atoms with van der Waals surface area (Å²) in [5, 5.41) is 9.65. The molecule has 26 heavy (non-hydrogen) atoms. The van der Waals surface area contributed by atoms with Gasteiger partial charge in [0.25, 0.3) is 0 Å². The lowest BCUT2D eigenvalue weighted by Gasteiger charge is -2.25. The molecular formula is C19H21N3O4. The number of carboxylic acids is 1. The first-order chi connectivity index (χ1) is 12.1. The number of nitrogens with zero attached hydrogens (tertiary/aromatic N) is 1. The lowest BCUT2D eigenvalue weighted by atomic mass is 9.92. The van der Waals surface area contributed by atoms with Crippen molar-refractivity contribution in [2.45, 2.75) is 33.3 Å². The number of nitrogens with two attached hydrogens (primary N) is 2. The summed E-state index contributed by atoms with van der Waals surface area (Å²) in [7, 11) is 0. The SMILES string of the molecule is Cc1cccc(OC(C)(C)C)c1-c1c(C(=O)O)cc(N)c(N=C=O)c1N. The number of aliphatic imine (C=N–C) groups is 1. The van der Waals surface area contributed by atoms with Crippen molar-refractivity contribution < 1.29 is 19.4 Å². The van der Waals surface area contributed by atoms with Crippen LogP contribution in [0.25, 0.3) is 11.1 Å². The largest absolute Gasteiger partial charge is 0.487 e. The standard InChI is InChI=1S/C19H21N3O4/c1-10-6-5-7-13(26-19(2,3)4)14(10)15-11(18(24)25)8-12(20)17(16(15)21)22-9-23/h5-8H,20-21H2,1-4H3,(H,24,25). The van der Waals surface area contributed by atoms with Crippen LogP contribution in [0.3, 0.4) is 0 Å². The van der Waals surface area contributed by atoms with Crippen LogP contribution < -0.4 is 16.2 Å². The van der Waals surface area contributed by atoms with Crippen LogP contribution in [0.5, 0.6) is 5.75 Å². The molecule has 2 aromatic rings. The lowest BCUT2D eigenvalue weighted by molar-refractivity contribution is 0.0698. The van der Waals surface area contributed by atoms with Crippen molar-refractivity contribution in [3.05, 3.63) is 35.4 Å². The van der Waals surface area contributed by atoms with Gasteiger partial charge in [0, 0.05) is 11.1 Å². The fourth-order valence-corrected chi connectivity index (χ4v) is 2.70. The van der Waals surface area contributed by atoms with Crippen LogP contribution in [0.1, 0.15) is 36.7 Å². The summed E-state index contributed by atoms with van der Waals surface area (Å²) in [6, 6.07) is 6.59. The van der Waals surface area contributed by atoms with Crippen molar-refractivity contribution in [2.75, 3.05) is 11.5 Å². The third-order valence-electron chi connectivity index (χ3n) is 3.66. The van der Waals surface area contributed by atoms with Crippen LogP contribution in [0, 0.1) is 6.92 Å². The summed E-state index contributed by atoms with van der Waals surface area (Å²) in [6.07, 6.45) is 1.40. The van der Waals surface area contributed by atoms with Crippen molar-refractivity contribution >= 4 is 29.1 Å². The van der Waals surface area contributed by atoms with Gasteiger partial charge in [-0.2, -0.15) is 4.99 Å². The number of hydrogen-bond acceptors (Lipinski definition) is 6. The van der Waals surface area contributed by atoms with E-state index in [9.17, 15) is 14.7 Å². The summed E-state index contributed by atoms with van der Waals surface area (Å²) >= 11 is 0. The molecule has 2 rings (SSSR count). The molecule has 0 aliphatic rings. The quantitative estimate of drug-likeness (QED) is 0.436. The third-order valence-corrected chi connectivity index (χ3v) is 3.66. The Labute approximate surface area is 151 Å². The Bertz CT molecular complexity index is 923. The Hall–Kier alpha value is -3.31. The lowest BCUT2D eigenvalue weighted by Crippen LogP contribution is -2.23. The van der Waals surface area contributed by atoms with Crippen molar-refractivity contribution in [3.63, 3.8) is 0 Å². The number of carbonyl (C=O) groups is 1. The van der Waals surface area contributed by atoms with Crippen LogP contribution >= 0.6 is 0 Å². The fraction of sp³-hybridized carbons (Fsp3) is 0.263. The Morgan fingerprint density at radius 2 is 1.88 bits per heavy atom. The number of benzene rings is 2. The highest BCUT2D eigenvalue weighted by Gasteiger charge is 2.25. The summed E-state index contributed by atoms with van der Waals surface area (Å²) in [5.74, 6) is -0.734. The molecule has 0 aromatic heterocycles. The Morgan fingerprint density at radius 3 is 2.42 bits per heavy atom. The van der Waals surface area contributed by atoms with E-state index in [4.69, 9.17) is 16.2 Å². The number of ether oxygens (including phenoxy) is 1. The van der Waals surface area contributed by atoms with Crippen molar-refractivity contribution in [1.29, 1.82) is 0 Å². The number of aryl methyl sites for hydroxylation is 1. The minimum Gasteiger partial charge on any atom is -0.487 e. The summed E-state index contributed by atoms with van der Waals surface area (Å²) < 4.78 is 6.00. The monoisotopic (exact) mass is 355 g/mol. The highest BCUT2D eigenvalue weighted by atomic mass is 16.5. The first-order valence-corrected chi connectivity index (χ1v) is 7.89. The van der Waals surface area contributed by atoms with Gasteiger partial charge in [0.2, 0.25) is 6.08 Å². The number of anilines is 2. The number of rotatable bonds is 4. The van der Waals surface area contributed by atoms with E-state index in [2.05, 4.69) is 4.99 Å². The molecule has 2 aromatic carbocycles. The molecule has 0 aliphatic heterocycles. The van der Waals surface area contributed by atoms with Gasteiger partial charge in [-0.15, -0.1) is 0 Å². The molecule has 0 aliphatic carbocycles. The maximum atomic E-state index is 11.8. The zero-order chi connectivity index (χ0) is 19.6. The van der Waals surface area contributed by atoms with Gasteiger partial charge in [-0.1, -0.05) is 12.1 Å². The highest BCUT2D eigenvalue weighted by molar-refractivity contribution is 6.06. The molecule has 0 fully saturated rings. The van der Waals surface area contributed by atoms with E-state index in [1.807, 2.05) is 33.8 Å². The van der Waals surface area contributed by atoms with E-state index >= 15 is 0 Å². The molecular weight excluding hydrogens is 334 g/mol. The normalized spacial score (nSPS) is 10.9. The number of isocyanates is 1. The molecule has 7 heteroatoms. The summed E-state index contributed by atoms with van der Waals surface area (Å²) in [5.41, 5.74) is 12.8. The maximum Gasteiger partial charge on any atom is 0.336 e. The van der Waals surface area contributed by atoms with E-state index in [-0.39, 0.29) is 28.2 Å². The summed E-state index contributed by atoms with van der Waals surface area (Å²) in [4.78, 5) is 26.1. The van der Waals surface area contributed by atoms with Crippen LogP contribution in [0.15, 0.2) is 29.3 Å². The minimum atomic E-state index is -1.20. The molecule has 0 radical (unpaired) electrons. The predicted octanol–water partition coefficient (Wildman–Crippen LogP) is 3.67. The molecule has 0 saturated carbocycles. The second-order valence-corrected chi connectivity index (χ2v) is 6.82. The highest BCUT2D eigenvalue weighted by Crippen LogP contribution is 2.45. The molecule has 7 nitrogen and oxygen atoms in total. The van der Waals surface area contributed by atoms with Crippen LogP contribution in [0.4, 0.5) is 17.1 Å². The van der Waals surface area contributed by atoms with Gasteiger partial charge in [0.1, 0.15) is 17.0 Å². The van der Waals surface area contributed by atoms with Gasteiger partial charge in [-0.05, 0) is 45.4 Å². The van der Waals surface area contributed by atoms with Crippen molar-refractivity contribution in [1.82, 2.24) is 0 Å². The Kier molecular flexibility index (Phi) is 5.05. The molecule has 0 saturated heterocycles. The third kappa shape index (κ3) is 3.68. The van der Waals surface area contributed by atoms with Crippen molar-refractivity contribution in [3.8, 4) is 16.9 Å². The van der Waals surface area contributed by atoms with Crippen LogP contribution in [-0.4, -0.2) is 22.8 Å². The number of hydrogen-bond donors (Lipinski definition) is 3. The topological polar surface area (TPSA) is 128 Å². The minimum absolute atomic E-state index is 0.00929.